The molecule has 3 rings (SSSR count). The summed E-state index contributed by atoms with van der Waals surface area (Å²) < 4.78 is 0. The van der Waals surface area contributed by atoms with Crippen LogP contribution in [-0.2, 0) is 22.4 Å². The van der Waals surface area contributed by atoms with Crippen LogP contribution in [0.25, 0.3) is 0 Å². The first-order valence-corrected chi connectivity index (χ1v) is 8.83. The Morgan fingerprint density at radius 2 is 2.39 bits per heavy atom. The molecule has 2 atom stereocenters. The number of hydrogen-bond acceptors (Lipinski definition) is 4. The first kappa shape index (κ1) is 16.0. The highest BCUT2D eigenvalue weighted by atomic mass is 32.1. The number of quaternary nitrogens is 1. The molecule has 23 heavy (non-hydrogen) atoms. The topological polar surface area (TPSA) is 86.4 Å². The Morgan fingerprint density at radius 3 is 3.13 bits per heavy atom. The van der Waals surface area contributed by atoms with Crippen LogP contribution < -0.4 is 15.5 Å². The summed E-state index contributed by atoms with van der Waals surface area (Å²) in [4.78, 5) is 25.8. The van der Waals surface area contributed by atoms with Crippen LogP contribution in [0.1, 0.15) is 29.3 Å². The van der Waals surface area contributed by atoms with Crippen molar-refractivity contribution in [1.82, 2.24) is 5.32 Å². The number of carbonyl (C=O) groups is 2. The van der Waals surface area contributed by atoms with Crippen LogP contribution in [0.5, 0.6) is 0 Å². The predicted molar refractivity (Wildman–Crippen MR) is 87.4 cm³/mol. The molecule has 0 spiro atoms. The van der Waals surface area contributed by atoms with Crippen molar-refractivity contribution in [2.45, 2.75) is 26.2 Å². The molecule has 6 nitrogen and oxygen atoms in total. The third kappa shape index (κ3) is 3.54. The maximum Gasteiger partial charge on any atom is 0.280 e. The maximum absolute atomic E-state index is 12.3. The molecule has 1 aliphatic carbocycles. The van der Waals surface area contributed by atoms with Gasteiger partial charge in [0.25, 0.3) is 11.8 Å². The van der Waals surface area contributed by atoms with E-state index >= 15 is 0 Å². The molecular formula is C16H21N4O2S+. The van der Waals surface area contributed by atoms with Gasteiger partial charge in [-0.05, 0) is 30.7 Å². The van der Waals surface area contributed by atoms with Crippen LogP contribution in [0.4, 0.5) is 5.00 Å². The summed E-state index contributed by atoms with van der Waals surface area (Å²) in [6.07, 6.45) is 3.00. The minimum atomic E-state index is -0.127. The van der Waals surface area contributed by atoms with E-state index in [2.05, 4.69) is 23.6 Å². The number of nitriles is 1. The Labute approximate surface area is 139 Å². The number of nitrogens with one attached hydrogen (secondary N) is 3. The molecule has 3 N–H and O–H groups in total. The second-order valence-corrected chi connectivity index (χ2v) is 7.52. The number of carbonyl (C=O) groups excluding carboxylic acids is 2. The van der Waals surface area contributed by atoms with Crippen molar-refractivity contribution >= 4 is 28.2 Å². The van der Waals surface area contributed by atoms with Crippen molar-refractivity contribution in [3.8, 4) is 6.07 Å². The number of nitrogens with zero attached hydrogens (tertiary/aromatic N) is 1. The molecule has 1 unspecified atom stereocenters. The van der Waals surface area contributed by atoms with Crippen LogP contribution in [0.2, 0.25) is 0 Å². The van der Waals surface area contributed by atoms with E-state index in [0.717, 1.165) is 36.3 Å². The number of thiophene rings is 1. The zero-order chi connectivity index (χ0) is 16.4. The van der Waals surface area contributed by atoms with Crippen LogP contribution >= 0.6 is 11.3 Å². The standard InChI is InChI=1S/C16H20N4O2S/c1-10-2-3-11-12(7-17)16(23-13(11)6-10)19-15(22)9-20-5-4-18-14(21)8-20/h10H,2-6,8-9H2,1H3,(H,18,21)(H,19,22)/p+1/t10-/m0/s1. The lowest BCUT2D eigenvalue weighted by atomic mass is 9.89. The van der Waals surface area contributed by atoms with Crippen LogP contribution in [0, 0.1) is 17.2 Å². The average Bonchev–Trinajstić information content (AvgIpc) is 2.82. The highest BCUT2D eigenvalue weighted by Gasteiger charge is 2.26. The summed E-state index contributed by atoms with van der Waals surface area (Å²) in [5, 5.41) is 15.8. The average molecular weight is 333 g/mol. The zero-order valence-electron chi connectivity index (χ0n) is 13.2. The van der Waals surface area contributed by atoms with E-state index in [9.17, 15) is 14.9 Å². The van der Waals surface area contributed by atoms with Gasteiger partial charge in [0.1, 0.15) is 11.1 Å². The Balaban J connectivity index is 1.69. The van der Waals surface area contributed by atoms with Gasteiger partial charge in [0.15, 0.2) is 13.1 Å². The summed E-state index contributed by atoms with van der Waals surface area (Å²) in [6, 6.07) is 2.26. The van der Waals surface area contributed by atoms with Crippen molar-refractivity contribution in [2.75, 3.05) is 31.5 Å². The third-order valence-electron chi connectivity index (χ3n) is 4.50. The third-order valence-corrected chi connectivity index (χ3v) is 5.67. The molecular weight excluding hydrogens is 312 g/mol. The SMILES string of the molecule is C[C@H]1CCc2c(sc(NC(=O)C[NH+]3CCNC(=O)C3)c2C#N)C1. The van der Waals surface area contributed by atoms with Gasteiger partial charge in [-0.2, -0.15) is 5.26 Å². The molecule has 0 bridgehead atoms. The van der Waals surface area contributed by atoms with E-state index < -0.39 is 0 Å². The summed E-state index contributed by atoms with van der Waals surface area (Å²) in [5.74, 6) is 0.489. The Bertz CT molecular complexity index is 676. The van der Waals surface area contributed by atoms with Crippen molar-refractivity contribution in [3.05, 3.63) is 16.0 Å². The van der Waals surface area contributed by atoms with Crippen LogP contribution in [0.15, 0.2) is 0 Å². The van der Waals surface area contributed by atoms with Crippen LogP contribution in [0.3, 0.4) is 0 Å². The molecule has 1 aromatic rings. The van der Waals surface area contributed by atoms with Gasteiger partial charge in [-0.15, -0.1) is 11.3 Å². The number of hydrogen-bond donors (Lipinski definition) is 3. The normalized spacial score (nSPS) is 23.6. The summed E-state index contributed by atoms with van der Waals surface area (Å²) >= 11 is 1.54. The van der Waals surface area contributed by atoms with E-state index in [1.54, 1.807) is 0 Å². The van der Waals surface area contributed by atoms with E-state index in [0.29, 0.717) is 29.6 Å². The molecule has 1 fully saturated rings. The van der Waals surface area contributed by atoms with E-state index in [1.807, 2.05) is 0 Å². The number of fused-ring (bicyclic) bond motifs is 1. The first-order chi connectivity index (χ1) is 11.1. The van der Waals surface area contributed by atoms with Gasteiger partial charge in [0.05, 0.1) is 18.7 Å². The Kier molecular flexibility index (Phi) is 4.64. The summed E-state index contributed by atoms with van der Waals surface area (Å²) in [5.41, 5.74) is 1.76. The minimum absolute atomic E-state index is 0.0164. The van der Waals surface area contributed by atoms with Crippen molar-refractivity contribution < 1.29 is 14.5 Å². The molecule has 2 aliphatic rings. The van der Waals surface area contributed by atoms with Gasteiger partial charge in [-0.25, -0.2) is 0 Å². The maximum atomic E-state index is 12.3. The van der Waals surface area contributed by atoms with E-state index in [4.69, 9.17) is 0 Å². The molecule has 1 aliphatic heterocycles. The summed E-state index contributed by atoms with van der Waals surface area (Å²) in [6.45, 7) is 4.17. The molecule has 0 saturated carbocycles. The van der Waals surface area contributed by atoms with Gasteiger partial charge < -0.3 is 15.5 Å². The largest absolute Gasteiger partial charge is 0.346 e. The number of amides is 2. The second kappa shape index (κ2) is 6.69. The molecule has 7 heteroatoms. The molecule has 2 heterocycles. The monoisotopic (exact) mass is 333 g/mol. The smallest absolute Gasteiger partial charge is 0.280 e. The summed E-state index contributed by atoms with van der Waals surface area (Å²) in [7, 11) is 0. The first-order valence-electron chi connectivity index (χ1n) is 8.01. The Morgan fingerprint density at radius 1 is 1.57 bits per heavy atom. The van der Waals surface area contributed by atoms with Gasteiger partial charge in [-0.3, -0.25) is 9.59 Å². The lowest BCUT2D eigenvalue weighted by Crippen LogP contribution is -3.16. The second-order valence-electron chi connectivity index (χ2n) is 6.42. The molecule has 0 aromatic carbocycles. The molecule has 0 radical (unpaired) electrons. The van der Waals surface area contributed by atoms with Gasteiger partial charge in [-0.1, -0.05) is 6.92 Å². The van der Waals surface area contributed by atoms with E-state index in [-0.39, 0.29) is 18.4 Å². The van der Waals surface area contributed by atoms with Gasteiger partial charge in [0, 0.05) is 4.88 Å². The fourth-order valence-corrected chi connectivity index (χ4v) is 4.64. The number of anilines is 1. The molecule has 122 valence electrons. The van der Waals surface area contributed by atoms with Crippen molar-refractivity contribution in [2.24, 2.45) is 5.92 Å². The van der Waals surface area contributed by atoms with Crippen molar-refractivity contribution in [3.63, 3.8) is 0 Å². The predicted octanol–water partition coefficient (Wildman–Crippen LogP) is -0.302. The van der Waals surface area contributed by atoms with Crippen molar-refractivity contribution in [1.29, 1.82) is 5.26 Å². The van der Waals surface area contributed by atoms with E-state index in [1.165, 1.54) is 16.2 Å². The molecule has 1 saturated heterocycles. The molecule has 1 aromatic heterocycles. The lowest BCUT2D eigenvalue weighted by Gasteiger charge is -2.22. The highest BCUT2D eigenvalue weighted by Crippen LogP contribution is 2.39. The number of piperazine rings is 1. The quantitative estimate of drug-likeness (QED) is 0.710. The zero-order valence-corrected chi connectivity index (χ0v) is 14.0. The van der Waals surface area contributed by atoms with Crippen LogP contribution in [-0.4, -0.2) is 38.0 Å². The van der Waals surface area contributed by atoms with Gasteiger partial charge in [0.2, 0.25) is 0 Å². The Hall–Kier alpha value is -1.91. The fourth-order valence-electron chi connectivity index (χ4n) is 3.26. The molecule has 2 amide bonds. The highest BCUT2D eigenvalue weighted by molar-refractivity contribution is 7.16. The van der Waals surface area contributed by atoms with Gasteiger partial charge >= 0.3 is 0 Å². The minimum Gasteiger partial charge on any atom is -0.346 e. The fraction of sp³-hybridized carbons (Fsp3) is 0.562. The number of rotatable bonds is 3. The lowest BCUT2D eigenvalue weighted by molar-refractivity contribution is -0.885.